The van der Waals surface area contributed by atoms with Crippen LogP contribution in [0.1, 0.15) is 27.7 Å². The van der Waals surface area contributed by atoms with Gasteiger partial charge in [0.05, 0.1) is 6.61 Å². The minimum Gasteiger partial charge on any atom is -0.463 e. The SMILES string of the molecule is CC(=O)OC[C@H](OC(C)=O)C(=O)OCC(C)C. The lowest BCUT2D eigenvalue weighted by atomic mass is 10.2. The first-order valence-electron chi connectivity index (χ1n) is 5.30. The largest absolute Gasteiger partial charge is 0.463 e. The fourth-order valence-corrected chi connectivity index (χ4v) is 0.885. The van der Waals surface area contributed by atoms with Gasteiger partial charge in [0.2, 0.25) is 6.10 Å². The molecular formula is C11H18O6. The maximum Gasteiger partial charge on any atom is 0.351 e. The molecular weight excluding hydrogens is 228 g/mol. The van der Waals surface area contributed by atoms with E-state index in [-0.39, 0.29) is 19.1 Å². The molecule has 0 aliphatic carbocycles. The smallest absolute Gasteiger partial charge is 0.351 e. The summed E-state index contributed by atoms with van der Waals surface area (Å²) in [7, 11) is 0. The Labute approximate surface area is 100 Å². The fraction of sp³-hybridized carbons (Fsp3) is 0.727. The van der Waals surface area contributed by atoms with E-state index in [0.717, 1.165) is 6.92 Å². The molecule has 0 saturated carbocycles. The highest BCUT2D eigenvalue weighted by atomic mass is 16.6. The molecule has 17 heavy (non-hydrogen) atoms. The van der Waals surface area contributed by atoms with Crippen LogP contribution in [0.3, 0.4) is 0 Å². The summed E-state index contributed by atoms with van der Waals surface area (Å²) in [5.41, 5.74) is 0. The van der Waals surface area contributed by atoms with Gasteiger partial charge in [-0.15, -0.1) is 0 Å². The second-order valence-electron chi connectivity index (χ2n) is 3.92. The molecule has 0 N–H and O–H groups in total. The van der Waals surface area contributed by atoms with Crippen molar-refractivity contribution in [2.75, 3.05) is 13.2 Å². The molecule has 0 rings (SSSR count). The van der Waals surface area contributed by atoms with Crippen molar-refractivity contribution in [1.82, 2.24) is 0 Å². The Bertz CT molecular complexity index is 284. The second kappa shape index (κ2) is 7.65. The van der Waals surface area contributed by atoms with Crippen molar-refractivity contribution >= 4 is 17.9 Å². The van der Waals surface area contributed by atoms with E-state index in [2.05, 4.69) is 4.74 Å². The van der Waals surface area contributed by atoms with Crippen molar-refractivity contribution in [2.45, 2.75) is 33.8 Å². The van der Waals surface area contributed by atoms with Gasteiger partial charge in [-0.25, -0.2) is 4.79 Å². The summed E-state index contributed by atoms with van der Waals surface area (Å²) in [5.74, 6) is -1.73. The zero-order valence-electron chi connectivity index (χ0n) is 10.5. The van der Waals surface area contributed by atoms with Gasteiger partial charge >= 0.3 is 17.9 Å². The van der Waals surface area contributed by atoms with E-state index in [0.29, 0.717) is 0 Å². The van der Waals surface area contributed by atoms with Crippen LogP contribution in [0.25, 0.3) is 0 Å². The molecule has 0 aliphatic heterocycles. The average Bonchev–Trinajstić information content (AvgIpc) is 2.19. The number of esters is 3. The van der Waals surface area contributed by atoms with Crippen LogP contribution < -0.4 is 0 Å². The molecule has 0 aliphatic rings. The predicted octanol–water partition coefficient (Wildman–Crippen LogP) is 0.680. The molecule has 98 valence electrons. The highest BCUT2D eigenvalue weighted by molar-refractivity contribution is 5.79. The van der Waals surface area contributed by atoms with Crippen molar-refractivity contribution in [3.63, 3.8) is 0 Å². The maximum absolute atomic E-state index is 11.5. The number of ether oxygens (including phenoxy) is 3. The van der Waals surface area contributed by atoms with Crippen LogP contribution in [0, 0.1) is 5.92 Å². The minimum atomic E-state index is -1.20. The first kappa shape index (κ1) is 15.4. The standard InChI is InChI=1S/C11H18O6/c1-7(2)5-16-11(14)10(17-9(4)13)6-15-8(3)12/h7,10H,5-6H2,1-4H3/t10-/m0/s1. The summed E-state index contributed by atoms with van der Waals surface area (Å²) in [6, 6.07) is 0. The Hall–Kier alpha value is -1.59. The Morgan fingerprint density at radius 1 is 0.941 bits per heavy atom. The predicted molar refractivity (Wildman–Crippen MR) is 58.0 cm³/mol. The van der Waals surface area contributed by atoms with E-state index in [1.54, 1.807) is 0 Å². The molecule has 0 unspecified atom stereocenters. The minimum absolute atomic E-state index is 0.172. The summed E-state index contributed by atoms with van der Waals surface area (Å²) in [5, 5.41) is 0. The van der Waals surface area contributed by atoms with Crippen LogP contribution in [-0.2, 0) is 28.6 Å². The molecule has 0 spiro atoms. The Kier molecular flexibility index (Phi) is 6.93. The fourth-order valence-electron chi connectivity index (χ4n) is 0.885. The van der Waals surface area contributed by atoms with E-state index in [9.17, 15) is 14.4 Å². The lowest BCUT2D eigenvalue weighted by Crippen LogP contribution is -2.34. The van der Waals surface area contributed by atoms with E-state index in [4.69, 9.17) is 9.47 Å². The third-order valence-electron chi connectivity index (χ3n) is 1.57. The van der Waals surface area contributed by atoms with Crippen LogP contribution in [0.4, 0.5) is 0 Å². The molecule has 0 aromatic rings. The van der Waals surface area contributed by atoms with Crippen LogP contribution >= 0.6 is 0 Å². The van der Waals surface area contributed by atoms with Crippen molar-refractivity contribution in [3.8, 4) is 0 Å². The third-order valence-corrected chi connectivity index (χ3v) is 1.57. The zero-order valence-corrected chi connectivity index (χ0v) is 10.5. The van der Waals surface area contributed by atoms with Gasteiger partial charge in [-0.05, 0) is 5.92 Å². The van der Waals surface area contributed by atoms with Crippen molar-refractivity contribution in [1.29, 1.82) is 0 Å². The van der Waals surface area contributed by atoms with E-state index in [1.807, 2.05) is 13.8 Å². The van der Waals surface area contributed by atoms with Gasteiger partial charge < -0.3 is 14.2 Å². The van der Waals surface area contributed by atoms with Gasteiger partial charge in [-0.1, -0.05) is 13.8 Å². The van der Waals surface area contributed by atoms with E-state index in [1.165, 1.54) is 6.92 Å². The van der Waals surface area contributed by atoms with Crippen LogP contribution in [0.5, 0.6) is 0 Å². The molecule has 0 heterocycles. The van der Waals surface area contributed by atoms with Gasteiger partial charge in [0, 0.05) is 13.8 Å². The van der Waals surface area contributed by atoms with Crippen LogP contribution in [0.2, 0.25) is 0 Å². The normalized spacial score (nSPS) is 11.8. The molecule has 0 saturated heterocycles. The zero-order chi connectivity index (χ0) is 13.4. The Morgan fingerprint density at radius 3 is 1.94 bits per heavy atom. The van der Waals surface area contributed by atoms with Gasteiger partial charge in [0.1, 0.15) is 6.61 Å². The number of hydrogen-bond donors (Lipinski definition) is 0. The average molecular weight is 246 g/mol. The topological polar surface area (TPSA) is 78.9 Å². The summed E-state index contributed by atoms with van der Waals surface area (Å²) >= 11 is 0. The molecule has 0 aromatic heterocycles. The lowest BCUT2D eigenvalue weighted by Gasteiger charge is -2.16. The number of rotatable bonds is 6. The van der Waals surface area contributed by atoms with Crippen molar-refractivity contribution in [3.05, 3.63) is 0 Å². The quantitative estimate of drug-likeness (QED) is 0.506. The van der Waals surface area contributed by atoms with Gasteiger partial charge in [-0.3, -0.25) is 9.59 Å². The molecule has 0 aromatic carbocycles. The summed E-state index contributed by atoms with van der Waals surface area (Å²) in [4.78, 5) is 32.9. The summed E-state index contributed by atoms with van der Waals surface area (Å²) in [6.07, 6.45) is -1.20. The van der Waals surface area contributed by atoms with Gasteiger partial charge in [0.15, 0.2) is 0 Å². The molecule has 6 heteroatoms. The van der Waals surface area contributed by atoms with Gasteiger partial charge in [-0.2, -0.15) is 0 Å². The highest BCUT2D eigenvalue weighted by Crippen LogP contribution is 2.01. The van der Waals surface area contributed by atoms with E-state index >= 15 is 0 Å². The first-order valence-corrected chi connectivity index (χ1v) is 5.30. The highest BCUT2D eigenvalue weighted by Gasteiger charge is 2.24. The Morgan fingerprint density at radius 2 is 1.53 bits per heavy atom. The maximum atomic E-state index is 11.5. The van der Waals surface area contributed by atoms with Crippen LogP contribution in [0.15, 0.2) is 0 Å². The molecule has 0 amide bonds. The first-order chi connectivity index (χ1) is 7.82. The lowest BCUT2D eigenvalue weighted by molar-refractivity contribution is -0.173. The van der Waals surface area contributed by atoms with E-state index < -0.39 is 24.0 Å². The molecule has 0 fully saturated rings. The van der Waals surface area contributed by atoms with Crippen LogP contribution in [-0.4, -0.2) is 37.2 Å². The number of carbonyl (C=O) groups excluding carboxylic acids is 3. The third kappa shape index (κ3) is 8.24. The monoisotopic (exact) mass is 246 g/mol. The molecule has 0 bridgehead atoms. The second-order valence-corrected chi connectivity index (χ2v) is 3.92. The molecule has 1 atom stereocenters. The number of hydrogen-bond acceptors (Lipinski definition) is 6. The van der Waals surface area contributed by atoms with Crippen molar-refractivity contribution in [2.24, 2.45) is 5.92 Å². The van der Waals surface area contributed by atoms with Crippen molar-refractivity contribution < 1.29 is 28.6 Å². The summed E-state index contributed by atoms with van der Waals surface area (Å²) in [6.45, 7) is 6.00. The van der Waals surface area contributed by atoms with Gasteiger partial charge in [0.25, 0.3) is 0 Å². The molecule has 6 nitrogen and oxygen atoms in total. The number of carbonyl (C=O) groups is 3. The Balaban J connectivity index is 4.28. The summed E-state index contributed by atoms with van der Waals surface area (Å²) < 4.78 is 14.2. The molecule has 0 radical (unpaired) electrons.